The van der Waals surface area contributed by atoms with Crippen LogP contribution in [0.15, 0.2) is 76.2 Å². The fourth-order valence-corrected chi connectivity index (χ4v) is 2.51. The molecule has 2 N–H and O–H groups in total. The summed E-state index contributed by atoms with van der Waals surface area (Å²) in [5.74, 6) is -0.205. The van der Waals surface area contributed by atoms with Crippen LogP contribution in [0.5, 0.6) is 0 Å². The summed E-state index contributed by atoms with van der Waals surface area (Å²) in [4.78, 5) is 22.9. The predicted octanol–water partition coefficient (Wildman–Crippen LogP) is 3.73. The lowest BCUT2D eigenvalue weighted by Gasteiger charge is -2.00. The van der Waals surface area contributed by atoms with Crippen LogP contribution in [0.4, 0.5) is 0 Å². The Morgan fingerprint density at radius 1 is 1.04 bits per heavy atom. The molecule has 27 heavy (non-hydrogen) atoms. The van der Waals surface area contributed by atoms with Gasteiger partial charge in [0.2, 0.25) is 5.91 Å². The maximum Gasteiger partial charge on any atom is 0.335 e. The smallest absolute Gasteiger partial charge is 0.335 e. The Morgan fingerprint density at radius 2 is 1.85 bits per heavy atom. The maximum absolute atomic E-state index is 11.8. The molecule has 0 bridgehead atoms. The van der Waals surface area contributed by atoms with Gasteiger partial charge in [-0.2, -0.15) is 5.10 Å². The van der Waals surface area contributed by atoms with E-state index < -0.39 is 5.97 Å². The average Bonchev–Trinajstić information content (AvgIpc) is 3.16. The summed E-state index contributed by atoms with van der Waals surface area (Å²) in [6.45, 7) is 0. The molecule has 0 fully saturated rings. The van der Waals surface area contributed by atoms with Crippen molar-refractivity contribution in [3.63, 3.8) is 0 Å². The van der Waals surface area contributed by atoms with Crippen molar-refractivity contribution in [2.75, 3.05) is 0 Å². The minimum Gasteiger partial charge on any atom is -0.478 e. The van der Waals surface area contributed by atoms with Crippen LogP contribution in [-0.4, -0.2) is 23.2 Å². The molecule has 1 heterocycles. The Morgan fingerprint density at radius 3 is 2.63 bits per heavy atom. The Labute approximate surface area is 156 Å². The van der Waals surface area contributed by atoms with E-state index in [1.807, 2.05) is 30.3 Å². The number of carbonyl (C=O) groups excluding carboxylic acids is 1. The highest BCUT2D eigenvalue weighted by Crippen LogP contribution is 2.22. The molecular weight excluding hydrogens is 344 g/mol. The average molecular weight is 362 g/mol. The lowest BCUT2D eigenvalue weighted by molar-refractivity contribution is -0.121. The van der Waals surface area contributed by atoms with Gasteiger partial charge in [0.05, 0.1) is 11.8 Å². The Balaban J connectivity index is 1.55. The lowest BCUT2D eigenvalue weighted by atomic mass is 10.1. The van der Waals surface area contributed by atoms with Crippen molar-refractivity contribution in [3.05, 3.63) is 83.6 Å². The monoisotopic (exact) mass is 362 g/mol. The SMILES string of the molecule is O=C(CCc1ccccc1)N/N=C/c1ccc(-c2cccc(C(=O)O)c2)o1. The molecule has 0 unspecified atom stereocenters. The van der Waals surface area contributed by atoms with E-state index in [0.717, 1.165) is 5.56 Å². The first-order chi connectivity index (χ1) is 13.1. The molecule has 6 nitrogen and oxygen atoms in total. The first-order valence-corrected chi connectivity index (χ1v) is 8.41. The number of hydrazone groups is 1. The van der Waals surface area contributed by atoms with Gasteiger partial charge in [0.15, 0.2) is 0 Å². The van der Waals surface area contributed by atoms with E-state index in [-0.39, 0.29) is 11.5 Å². The summed E-state index contributed by atoms with van der Waals surface area (Å²) in [5, 5.41) is 12.9. The molecule has 0 aliphatic heterocycles. The molecule has 0 radical (unpaired) electrons. The number of amides is 1. The van der Waals surface area contributed by atoms with E-state index in [1.54, 1.807) is 24.3 Å². The van der Waals surface area contributed by atoms with Crippen molar-refractivity contribution in [2.45, 2.75) is 12.8 Å². The van der Waals surface area contributed by atoms with Gasteiger partial charge >= 0.3 is 5.97 Å². The first-order valence-electron chi connectivity index (χ1n) is 8.41. The van der Waals surface area contributed by atoms with Gasteiger partial charge < -0.3 is 9.52 Å². The lowest BCUT2D eigenvalue weighted by Crippen LogP contribution is -2.17. The number of carboxylic acid groups (broad SMARTS) is 1. The predicted molar refractivity (Wildman–Crippen MR) is 102 cm³/mol. The van der Waals surface area contributed by atoms with Gasteiger partial charge in [-0.1, -0.05) is 42.5 Å². The highest BCUT2D eigenvalue weighted by molar-refractivity contribution is 5.89. The normalized spacial score (nSPS) is 10.8. The van der Waals surface area contributed by atoms with Crippen molar-refractivity contribution >= 4 is 18.1 Å². The van der Waals surface area contributed by atoms with E-state index in [9.17, 15) is 9.59 Å². The van der Waals surface area contributed by atoms with Crippen LogP contribution in [0.25, 0.3) is 11.3 Å². The minimum atomic E-state index is -0.997. The maximum atomic E-state index is 11.8. The zero-order valence-corrected chi connectivity index (χ0v) is 14.5. The Bertz CT molecular complexity index is 961. The van der Waals surface area contributed by atoms with E-state index in [0.29, 0.717) is 29.9 Å². The van der Waals surface area contributed by atoms with Gasteiger partial charge in [0, 0.05) is 12.0 Å². The number of furan rings is 1. The van der Waals surface area contributed by atoms with Gasteiger partial charge in [0.1, 0.15) is 11.5 Å². The van der Waals surface area contributed by atoms with E-state index in [4.69, 9.17) is 9.52 Å². The number of nitrogens with zero attached hydrogens (tertiary/aromatic N) is 1. The standard InChI is InChI=1S/C21H18N2O4/c24-20(12-9-15-5-2-1-3-6-15)23-22-14-18-10-11-19(27-18)16-7-4-8-17(13-16)21(25)26/h1-8,10-11,13-14H,9,12H2,(H,23,24)(H,25,26)/b22-14+. The number of benzene rings is 2. The molecule has 0 aliphatic rings. The van der Waals surface area contributed by atoms with Crippen molar-refractivity contribution in [1.29, 1.82) is 0 Å². The van der Waals surface area contributed by atoms with Crippen LogP contribution in [0.2, 0.25) is 0 Å². The molecule has 0 spiro atoms. The van der Waals surface area contributed by atoms with Crippen molar-refractivity contribution < 1.29 is 19.1 Å². The molecule has 0 saturated heterocycles. The minimum absolute atomic E-state index is 0.184. The second-order valence-electron chi connectivity index (χ2n) is 5.87. The fourth-order valence-electron chi connectivity index (χ4n) is 2.51. The third kappa shape index (κ3) is 5.15. The highest BCUT2D eigenvalue weighted by atomic mass is 16.4. The molecule has 3 aromatic rings. The molecule has 0 aliphatic carbocycles. The number of hydrogen-bond acceptors (Lipinski definition) is 4. The van der Waals surface area contributed by atoms with Crippen LogP contribution >= 0.6 is 0 Å². The summed E-state index contributed by atoms with van der Waals surface area (Å²) >= 11 is 0. The number of aryl methyl sites for hydroxylation is 1. The quantitative estimate of drug-likeness (QED) is 0.495. The molecule has 6 heteroatoms. The molecule has 1 aromatic heterocycles. The molecule has 1 amide bonds. The van der Waals surface area contributed by atoms with E-state index in [2.05, 4.69) is 10.5 Å². The van der Waals surface area contributed by atoms with Gasteiger partial charge in [0.25, 0.3) is 0 Å². The van der Waals surface area contributed by atoms with E-state index in [1.165, 1.54) is 18.3 Å². The fraction of sp³-hybridized carbons (Fsp3) is 0.0952. The molecule has 3 rings (SSSR count). The largest absolute Gasteiger partial charge is 0.478 e. The van der Waals surface area contributed by atoms with Gasteiger partial charge in [-0.3, -0.25) is 4.79 Å². The third-order valence-corrected chi connectivity index (χ3v) is 3.89. The number of aromatic carboxylic acids is 1. The zero-order chi connectivity index (χ0) is 19.1. The van der Waals surface area contributed by atoms with Crippen molar-refractivity contribution in [1.82, 2.24) is 5.43 Å². The summed E-state index contributed by atoms with van der Waals surface area (Å²) < 4.78 is 5.62. The number of rotatable bonds is 7. The molecule has 136 valence electrons. The molecule has 2 aromatic carbocycles. The highest BCUT2D eigenvalue weighted by Gasteiger charge is 2.08. The van der Waals surface area contributed by atoms with Crippen LogP contribution < -0.4 is 5.43 Å². The molecular formula is C21H18N2O4. The third-order valence-electron chi connectivity index (χ3n) is 3.89. The van der Waals surface area contributed by atoms with Crippen molar-refractivity contribution in [3.8, 4) is 11.3 Å². The molecule has 0 saturated carbocycles. The van der Waals surface area contributed by atoms with Gasteiger partial charge in [-0.05, 0) is 36.2 Å². The number of nitrogens with one attached hydrogen (secondary N) is 1. The van der Waals surface area contributed by atoms with Crippen LogP contribution in [0.3, 0.4) is 0 Å². The summed E-state index contributed by atoms with van der Waals surface area (Å²) in [6, 6.07) is 19.6. The number of carbonyl (C=O) groups is 2. The Hall–Kier alpha value is -3.67. The first kappa shape index (κ1) is 18.1. The summed E-state index contributed by atoms with van der Waals surface area (Å²) in [6.07, 6.45) is 2.39. The van der Waals surface area contributed by atoms with Crippen LogP contribution in [0.1, 0.15) is 28.1 Å². The van der Waals surface area contributed by atoms with E-state index >= 15 is 0 Å². The molecule has 0 atom stereocenters. The zero-order valence-electron chi connectivity index (χ0n) is 14.5. The van der Waals surface area contributed by atoms with Crippen LogP contribution in [-0.2, 0) is 11.2 Å². The second-order valence-corrected chi connectivity index (χ2v) is 5.87. The summed E-state index contributed by atoms with van der Waals surface area (Å²) in [5.41, 5.74) is 4.40. The number of hydrogen-bond donors (Lipinski definition) is 2. The number of carboxylic acids is 1. The Kier molecular flexibility index (Phi) is 5.79. The summed E-state index contributed by atoms with van der Waals surface area (Å²) in [7, 11) is 0. The van der Waals surface area contributed by atoms with Crippen molar-refractivity contribution in [2.24, 2.45) is 5.10 Å². The van der Waals surface area contributed by atoms with Gasteiger partial charge in [-0.25, -0.2) is 10.2 Å². The van der Waals surface area contributed by atoms with Crippen LogP contribution in [0, 0.1) is 0 Å². The topological polar surface area (TPSA) is 91.9 Å². The second kappa shape index (κ2) is 8.62. The van der Waals surface area contributed by atoms with Gasteiger partial charge in [-0.15, -0.1) is 0 Å².